The molecule has 0 saturated carbocycles. The van der Waals surface area contributed by atoms with E-state index in [-0.39, 0.29) is 0 Å². The van der Waals surface area contributed by atoms with Gasteiger partial charge in [-0.05, 0) is 120 Å². The van der Waals surface area contributed by atoms with E-state index < -0.39 is 0 Å². The monoisotopic (exact) mass is 752 g/mol. The molecule has 0 bridgehead atoms. The minimum atomic E-state index is 0.932. The number of rotatable bonds is 7. The number of benzene rings is 9. The predicted molar refractivity (Wildman–Crippen MR) is 250 cm³/mol. The summed E-state index contributed by atoms with van der Waals surface area (Å²) in [6.07, 6.45) is 8.87. The highest BCUT2D eigenvalue weighted by Crippen LogP contribution is 2.48. The van der Waals surface area contributed by atoms with E-state index in [2.05, 4.69) is 223 Å². The van der Waals surface area contributed by atoms with E-state index in [0.717, 1.165) is 46.5 Å². The Morgan fingerprint density at radius 3 is 1.69 bits per heavy atom. The van der Waals surface area contributed by atoms with E-state index in [4.69, 9.17) is 4.98 Å². The first-order valence-electron chi connectivity index (χ1n) is 20.5. The number of imidazole rings is 1. The fourth-order valence-electron chi connectivity index (χ4n) is 9.19. The van der Waals surface area contributed by atoms with Crippen molar-refractivity contribution in [2.24, 2.45) is 0 Å². The van der Waals surface area contributed by atoms with Crippen LogP contribution in [0.1, 0.15) is 18.4 Å². The molecular formula is C57H40N2. The van der Waals surface area contributed by atoms with Crippen molar-refractivity contribution in [1.29, 1.82) is 0 Å². The first kappa shape index (κ1) is 34.7. The standard InChI is InChI=1S/C57H40N2/c1-4-18-40(19-5-1)45-24-10-12-26-47(45)55-49-28-14-15-29-50(49)56(48-27-13-11-25-46(48)41-20-6-2-7-21-41)52-38-43(36-37-51(52)55)39-32-34-42(35-33-39)57-58-53-30-16-17-31-54(53)59(57)44-22-8-3-9-23-44/h1-6,8-20,22-38H,7,21H2. The van der Waals surface area contributed by atoms with Crippen molar-refractivity contribution < 1.29 is 0 Å². The van der Waals surface area contributed by atoms with Crippen LogP contribution in [0.25, 0.3) is 99.7 Å². The molecule has 0 atom stereocenters. The largest absolute Gasteiger partial charge is 0.292 e. The Morgan fingerprint density at radius 2 is 0.966 bits per heavy atom. The van der Waals surface area contributed by atoms with E-state index >= 15 is 0 Å². The summed E-state index contributed by atoms with van der Waals surface area (Å²) in [4.78, 5) is 5.15. The molecule has 278 valence electrons. The molecule has 2 nitrogen and oxygen atoms in total. The number of hydrogen-bond acceptors (Lipinski definition) is 1. The summed E-state index contributed by atoms with van der Waals surface area (Å²) in [7, 11) is 0. The van der Waals surface area contributed by atoms with Crippen LogP contribution in [-0.2, 0) is 0 Å². The van der Waals surface area contributed by atoms with Crippen molar-refractivity contribution in [3.63, 3.8) is 0 Å². The minimum Gasteiger partial charge on any atom is -0.292 e. The zero-order valence-corrected chi connectivity index (χ0v) is 32.6. The Bertz CT molecular complexity index is 3240. The molecule has 0 radical (unpaired) electrons. The van der Waals surface area contributed by atoms with Gasteiger partial charge in [0.1, 0.15) is 5.82 Å². The fraction of sp³-hybridized carbons (Fsp3) is 0.0351. The summed E-state index contributed by atoms with van der Waals surface area (Å²) in [5.74, 6) is 0.932. The second-order valence-electron chi connectivity index (χ2n) is 15.3. The number of aromatic nitrogens is 2. The van der Waals surface area contributed by atoms with Gasteiger partial charge >= 0.3 is 0 Å². The van der Waals surface area contributed by atoms with Crippen molar-refractivity contribution in [2.75, 3.05) is 0 Å². The van der Waals surface area contributed by atoms with E-state index in [1.165, 1.54) is 71.6 Å². The highest BCUT2D eigenvalue weighted by Gasteiger charge is 2.22. The molecule has 2 heteroatoms. The summed E-state index contributed by atoms with van der Waals surface area (Å²) in [5, 5.41) is 4.99. The topological polar surface area (TPSA) is 17.8 Å². The number of fused-ring (bicyclic) bond motifs is 3. The predicted octanol–water partition coefficient (Wildman–Crippen LogP) is 15.4. The smallest absolute Gasteiger partial charge is 0.145 e. The molecule has 0 N–H and O–H groups in total. The maximum atomic E-state index is 5.15. The van der Waals surface area contributed by atoms with Gasteiger partial charge in [0.05, 0.1) is 11.0 Å². The van der Waals surface area contributed by atoms with Gasteiger partial charge in [-0.3, -0.25) is 4.57 Å². The number of hydrogen-bond donors (Lipinski definition) is 0. The van der Waals surface area contributed by atoms with Gasteiger partial charge in [-0.15, -0.1) is 0 Å². The lowest BCUT2D eigenvalue weighted by molar-refractivity contribution is 1.05. The normalized spacial score (nSPS) is 12.6. The summed E-state index contributed by atoms with van der Waals surface area (Å²) in [6, 6.07) is 72.7. The molecule has 11 rings (SSSR count). The molecule has 59 heavy (non-hydrogen) atoms. The molecule has 0 saturated heterocycles. The average Bonchev–Trinajstić information content (AvgIpc) is 3.71. The zero-order chi connectivity index (χ0) is 39.1. The van der Waals surface area contributed by atoms with Gasteiger partial charge in [0.2, 0.25) is 0 Å². The average molecular weight is 753 g/mol. The highest BCUT2D eigenvalue weighted by molar-refractivity contribution is 6.23. The first-order chi connectivity index (χ1) is 29.3. The number of nitrogens with zero attached hydrogens (tertiary/aromatic N) is 2. The van der Waals surface area contributed by atoms with Crippen LogP contribution in [0.15, 0.2) is 218 Å². The first-order valence-corrected chi connectivity index (χ1v) is 20.5. The van der Waals surface area contributed by atoms with Crippen molar-refractivity contribution in [2.45, 2.75) is 12.8 Å². The summed E-state index contributed by atoms with van der Waals surface area (Å²) < 4.78 is 2.27. The van der Waals surface area contributed by atoms with Gasteiger partial charge in [-0.2, -0.15) is 0 Å². The highest BCUT2D eigenvalue weighted by atomic mass is 15.1. The van der Waals surface area contributed by atoms with Gasteiger partial charge in [-0.25, -0.2) is 4.98 Å². The van der Waals surface area contributed by atoms with Crippen molar-refractivity contribution in [1.82, 2.24) is 9.55 Å². The van der Waals surface area contributed by atoms with Crippen LogP contribution in [0.2, 0.25) is 0 Å². The fourth-order valence-corrected chi connectivity index (χ4v) is 9.19. The number of para-hydroxylation sites is 3. The van der Waals surface area contributed by atoms with Gasteiger partial charge in [-0.1, -0.05) is 188 Å². The molecule has 10 aromatic rings. The van der Waals surface area contributed by atoms with E-state index in [0.29, 0.717) is 0 Å². The maximum absolute atomic E-state index is 5.15. The summed E-state index contributed by atoms with van der Waals surface area (Å²) >= 11 is 0. The van der Waals surface area contributed by atoms with Crippen molar-refractivity contribution >= 4 is 38.2 Å². The molecule has 0 aliphatic heterocycles. The number of allylic oxidation sites excluding steroid dienone is 4. The summed E-state index contributed by atoms with van der Waals surface area (Å²) in [5.41, 5.74) is 16.8. The molecule has 0 fully saturated rings. The van der Waals surface area contributed by atoms with E-state index in [1.54, 1.807) is 0 Å². The van der Waals surface area contributed by atoms with E-state index in [1.807, 2.05) is 0 Å². The molecule has 1 aliphatic carbocycles. The Morgan fingerprint density at radius 1 is 0.407 bits per heavy atom. The van der Waals surface area contributed by atoms with Crippen LogP contribution in [-0.4, -0.2) is 9.55 Å². The third kappa shape index (κ3) is 6.09. The Labute approximate surface area is 344 Å². The lowest BCUT2D eigenvalue weighted by Gasteiger charge is -2.22. The lowest BCUT2D eigenvalue weighted by atomic mass is 9.81. The molecular weight excluding hydrogens is 713 g/mol. The molecule has 1 aliphatic rings. The second kappa shape index (κ2) is 14.8. The van der Waals surface area contributed by atoms with Gasteiger partial charge in [0, 0.05) is 11.3 Å². The molecule has 0 unspecified atom stereocenters. The minimum absolute atomic E-state index is 0.932. The molecule has 1 heterocycles. The maximum Gasteiger partial charge on any atom is 0.145 e. The molecule has 9 aromatic carbocycles. The molecule has 0 spiro atoms. The Balaban J connectivity index is 1.14. The second-order valence-corrected chi connectivity index (χ2v) is 15.3. The van der Waals surface area contributed by atoms with Crippen LogP contribution in [0.4, 0.5) is 0 Å². The van der Waals surface area contributed by atoms with Gasteiger partial charge < -0.3 is 0 Å². The molecule has 0 amide bonds. The molecule has 1 aromatic heterocycles. The third-order valence-electron chi connectivity index (χ3n) is 11.9. The van der Waals surface area contributed by atoms with Crippen LogP contribution in [0.3, 0.4) is 0 Å². The quantitative estimate of drug-likeness (QED) is 0.148. The Kier molecular flexibility index (Phi) is 8.67. The van der Waals surface area contributed by atoms with Crippen LogP contribution < -0.4 is 0 Å². The SMILES string of the molecule is C1=CCCC(c2ccccc2-c2c3ccccc3c(-c3ccccc3-c3ccccc3)c3ccc(-c4ccc(-c5nc6ccccc6n5-c5ccccc5)cc4)cc23)=C1. The van der Waals surface area contributed by atoms with Gasteiger partial charge in [0.15, 0.2) is 0 Å². The lowest BCUT2D eigenvalue weighted by Crippen LogP contribution is -1.97. The van der Waals surface area contributed by atoms with Crippen LogP contribution >= 0.6 is 0 Å². The summed E-state index contributed by atoms with van der Waals surface area (Å²) in [6.45, 7) is 0. The van der Waals surface area contributed by atoms with Crippen molar-refractivity contribution in [3.05, 3.63) is 224 Å². The van der Waals surface area contributed by atoms with Crippen LogP contribution in [0.5, 0.6) is 0 Å². The zero-order valence-electron chi connectivity index (χ0n) is 32.6. The third-order valence-corrected chi connectivity index (χ3v) is 11.9. The van der Waals surface area contributed by atoms with Crippen molar-refractivity contribution in [3.8, 4) is 61.6 Å². The van der Waals surface area contributed by atoms with Crippen LogP contribution in [0, 0.1) is 0 Å². The van der Waals surface area contributed by atoms with Gasteiger partial charge in [0.25, 0.3) is 0 Å². The Hall–Kier alpha value is -7.55. The van der Waals surface area contributed by atoms with E-state index in [9.17, 15) is 0 Å².